The third-order valence-electron chi connectivity index (χ3n) is 6.27. The van der Waals surface area contributed by atoms with Crippen LogP contribution in [0.1, 0.15) is 24.5 Å². The highest BCUT2D eigenvalue weighted by molar-refractivity contribution is 6.00. The molecule has 0 unspecified atom stereocenters. The third kappa shape index (κ3) is 5.67. The van der Waals surface area contributed by atoms with Gasteiger partial charge in [-0.1, -0.05) is 5.92 Å². The van der Waals surface area contributed by atoms with Crippen molar-refractivity contribution in [2.24, 2.45) is 0 Å². The van der Waals surface area contributed by atoms with Gasteiger partial charge in [0.25, 0.3) is 5.91 Å². The number of amides is 4. The molecule has 0 saturated carbocycles. The monoisotopic (exact) mass is 490 g/mol. The zero-order chi connectivity index (χ0) is 25.7. The first-order chi connectivity index (χ1) is 17.4. The van der Waals surface area contributed by atoms with E-state index >= 15 is 0 Å². The number of carbonyl (C=O) groups is 3. The molecule has 2 atom stereocenters. The smallest absolute Gasteiger partial charge is 0.322 e. The molecular formula is C27H30N4O5. The number of benzene rings is 2. The molecule has 9 nitrogen and oxygen atoms in total. The summed E-state index contributed by atoms with van der Waals surface area (Å²) in [5.74, 6) is 2.14. The molecule has 2 fully saturated rings. The standard InChI is InChI=1S/C27H30N4O5/c1-4-19-6-8-20(9-7-19)29-27(34)31-16-22(36-5-2)15-24(31)26(33)28-21-10-11-23(18(3)14-21)30-12-13-35-17-25(30)32/h1,6-11,14,22,24H,5,12-13,15-17H2,2-3H3,(H,28,33)(H,29,34)/t22-,24-/m1/s1. The largest absolute Gasteiger partial charge is 0.377 e. The Hall–Kier alpha value is -3.87. The average molecular weight is 491 g/mol. The van der Waals surface area contributed by atoms with E-state index in [-0.39, 0.29) is 30.6 Å². The van der Waals surface area contributed by atoms with E-state index in [1.807, 2.05) is 26.0 Å². The Morgan fingerprint density at radius 1 is 1.17 bits per heavy atom. The van der Waals surface area contributed by atoms with Gasteiger partial charge in [0.1, 0.15) is 12.6 Å². The number of rotatable bonds is 6. The SMILES string of the molecule is C#Cc1ccc(NC(=O)N2C[C@H](OCC)C[C@@H]2C(=O)Nc2ccc(N3CCOCC3=O)c(C)c2)cc1. The number of anilines is 3. The molecular weight excluding hydrogens is 460 g/mol. The van der Waals surface area contributed by atoms with E-state index in [4.69, 9.17) is 15.9 Å². The van der Waals surface area contributed by atoms with E-state index in [0.29, 0.717) is 49.7 Å². The number of terminal acetylenes is 1. The number of hydrogen-bond donors (Lipinski definition) is 2. The molecule has 36 heavy (non-hydrogen) atoms. The minimum absolute atomic E-state index is 0.0621. The molecule has 2 saturated heterocycles. The van der Waals surface area contributed by atoms with Gasteiger partial charge in [0.15, 0.2) is 0 Å². The maximum atomic E-state index is 13.3. The maximum Gasteiger partial charge on any atom is 0.322 e. The summed E-state index contributed by atoms with van der Waals surface area (Å²) in [6.45, 7) is 5.60. The lowest BCUT2D eigenvalue weighted by Gasteiger charge is -2.28. The van der Waals surface area contributed by atoms with Crippen LogP contribution in [0.15, 0.2) is 42.5 Å². The van der Waals surface area contributed by atoms with E-state index in [2.05, 4.69) is 16.6 Å². The lowest BCUT2D eigenvalue weighted by atomic mass is 10.1. The summed E-state index contributed by atoms with van der Waals surface area (Å²) in [6, 6.07) is 11.2. The molecule has 0 spiro atoms. The van der Waals surface area contributed by atoms with Crippen molar-refractivity contribution in [3.8, 4) is 12.3 Å². The zero-order valence-electron chi connectivity index (χ0n) is 20.5. The van der Waals surface area contributed by atoms with Gasteiger partial charge in [-0.25, -0.2) is 4.79 Å². The van der Waals surface area contributed by atoms with Crippen molar-refractivity contribution < 1.29 is 23.9 Å². The number of ether oxygens (including phenoxy) is 2. The quantitative estimate of drug-likeness (QED) is 0.607. The second kappa shape index (κ2) is 11.2. The van der Waals surface area contributed by atoms with Crippen LogP contribution in [-0.2, 0) is 19.1 Å². The van der Waals surface area contributed by atoms with Gasteiger partial charge in [-0.2, -0.15) is 0 Å². The number of carbonyl (C=O) groups excluding carboxylic acids is 3. The fourth-order valence-electron chi connectivity index (χ4n) is 4.51. The molecule has 2 N–H and O–H groups in total. The molecule has 0 radical (unpaired) electrons. The minimum Gasteiger partial charge on any atom is -0.377 e. The van der Waals surface area contributed by atoms with E-state index in [9.17, 15) is 14.4 Å². The Kier molecular flexibility index (Phi) is 7.88. The summed E-state index contributed by atoms with van der Waals surface area (Å²) in [5, 5.41) is 5.76. The highest BCUT2D eigenvalue weighted by Gasteiger charge is 2.40. The minimum atomic E-state index is -0.702. The van der Waals surface area contributed by atoms with Crippen LogP contribution in [0.3, 0.4) is 0 Å². The van der Waals surface area contributed by atoms with Gasteiger partial charge in [0.2, 0.25) is 5.91 Å². The molecule has 2 aliphatic rings. The van der Waals surface area contributed by atoms with E-state index in [1.165, 1.54) is 4.90 Å². The molecule has 4 rings (SSSR count). The van der Waals surface area contributed by atoms with Gasteiger partial charge in [-0.15, -0.1) is 6.42 Å². The first-order valence-electron chi connectivity index (χ1n) is 11.9. The Morgan fingerprint density at radius 2 is 1.92 bits per heavy atom. The molecule has 0 bridgehead atoms. The highest BCUT2D eigenvalue weighted by Crippen LogP contribution is 2.27. The summed E-state index contributed by atoms with van der Waals surface area (Å²) in [4.78, 5) is 41.7. The van der Waals surface area contributed by atoms with Crippen LogP contribution in [0.5, 0.6) is 0 Å². The Labute approximate surface area is 210 Å². The van der Waals surface area contributed by atoms with Crippen molar-refractivity contribution in [1.29, 1.82) is 0 Å². The summed E-state index contributed by atoms with van der Waals surface area (Å²) in [5.41, 5.74) is 3.53. The molecule has 9 heteroatoms. The zero-order valence-corrected chi connectivity index (χ0v) is 20.5. The Balaban J connectivity index is 1.46. The van der Waals surface area contributed by atoms with E-state index in [0.717, 1.165) is 11.3 Å². The van der Waals surface area contributed by atoms with Crippen LogP contribution < -0.4 is 15.5 Å². The maximum absolute atomic E-state index is 13.3. The molecule has 188 valence electrons. The van der Waals surface area contributed by atoms with Crippen LogP contribution in [0.25, 0.3) is 0 Å². The summed E-state index contributed by atoms with van der Waals surface area (Å²) >= 11 is 0. The van der Waals surface area contributed by atoms with Gasteiger partial charge in [0, 0.05) is 48.7 Å². The van der Waals surface area contributed by atoms with E-state index in [1.54, 1.807) is 35.2 Å². The van der Waals surface area contributed by atoms with Crippen LogP contribution in [0, 0.1) is 19.3 Å². The number of aryl methyl sites for hydroxylation is 1. The van der Waals surface area contributed by atoms with Crippen molar-refractivity contribution >= 4 is 34.9 Å². The fraction of sp³-hybridized carbons (Fsp3) is 0.370. The van der Waals surface area contributed by atoms with Gasteiger partial charge in [-0.3, -0.25) is 9.59 Å². The Bertz CT molecular complexity index is 1170. The summed E-state index contributed by atoms with van der Waals surface area (Å²) in [7, 11) is 0. The molecule has 4 amide bonds. The van der Waals surface area contributed by atoms with E-state index < -0.39 is 6.04 Å². The second-order valence-corrected chi connectivity index (χ2v) is 8.72. The lowest BCUT2D eigenvalue weighted by Crippen LogP contribution is -2.45. The molecule has 0 aliphatic carbocycles. The number of likely N-dealkylation sites (tertiary alicyclic amines) is 1. The van der Waals surface area contributed by atoms with Crippen LogP contribution in [0.2, 0.25) is 0 Å². The summed E-state index contributed by atoms with van der Waals surface area (Å²) in [6.07, 6.45) is 5.55. The van der Waals surface area contributed by atoms with Crippen LogP contribution in [0.4, 0.5) is 21.9 Å². The van der Waals surface area contributed by atoms with Crippen molar-refractivity contribution in [3.05, 3.63) is 53.6 Å². The fourth-order valence-corrected chi connectivity index (χ4v) is 4.51. The van der Waals surface area contributed by atoms with Gasteiger partial charge in [0.05, 0.1) is 12.7 Å². The highest BCUT2D eigenvalue weighted by atomic mass is 16.5. The van der Waals surface area contributed by atoms with Gasteiger partial charge in [-0.05, 0) is 61.9 Å². The molecule has 2 aromatic carbocycles. The first-order valence-corrected chi connectivity index (χ1v) is 11.9. The molecule has 2 aliphatic heterocycles. The van der Waals surface area contributed by atoms with Gasteiger partial charge < -0.3 is 29.9 Å². The molecule has 2 aromatic rings. The van der Waals surface area contributed by atoms with Crippen LogP contribution in [-0.4, -0.2) is 67.8 Å². The van der Waals surface area contributed by atoms with Crippen molar-refractivity contribution in [2.45, 2.75) is 32.4 Å². The van der Waals surface area contributed by atoms with Crippen molar-refractivity contribution in [1.82, 2.24) is 4.90 Å². The predicted molar refractivity (Wildman–Crippen MR) is 137 cm³/mol. The number of hydrogen-bond acceptors (Lipinski definition) is 5. The lowest BCUT2D eigenvalue weighted by molar-refractivity contribution is -0.125. The topological polar surface area (TPSA) is 100 Å². The second-order valence-electron chi connectivity index (χ2n) is 8.72. The number of nitrogens with one attached hydrogen (secondary N) is 2. The Morgan fingerprint density at radius 3 is 2.58 bits per heavy atom. The third-order valence-corrected chi connectivity index (χ3v) is 6.27. The average Bonchev–Trinajstić information content (AvgIpc) is 3.30. The number of morpholine rings is 1. The predicted octanol–water partition coefficient (Wildman–Crippen LogP) is 2.99. The molecule has 0 aromatic heterocycles. The normalized spacial score (nSPS) is 19.6. The van der Waals surface area contributed by atoms with Crippen molar-refractivity contribution in [3.63, 3.8) is 0 Å². The first kappa shape index (κ1) is 25.2. The van der Waals surface area contributed by atoms with Crippen molar-refractivity contribution in [2.75, 3.05) is 48.4 Å². The molecule has 2 heterocycles. The number of nitrogens with zero attached hydrogens (tertiary/aromatic N) is 2. The summed E-state index contributed by atoms with van der Waals surface area (Å²) < 4.78 is 10.9. The van der Waals surface area contributed by atoms with Crippen LogP contribution >= 0.6 is 0 Å². The van der Waals surface area contributed by atoms with Gasteiger partial charge >= 0.3 is 6.03 Å². The number of urea groups is 1.